The van der Waals surface area contributed by atoms with Crippen LogP contribution in [0, 0.1) is 11.8 Å². The summed E-state index contributed by atoms with van der Waals surface area (Å²) in [7, 11) is 0. The second-order valence-corrected chi connectivity index (χ2v) is 6.00. The number of allylic oxidation sites excluding steroid dienone is 2. The van der Waals surface area contributed by atoms with E-state index in [1.54, 1.807) is 0 Å². The first-order valence-corrected chi connectivity index (χ1v) is 7.51. The minimum atomic E-state index is -0.927. The lowest BCUT2D eigenvalue weighted by Crippen LogP contribution is -2.34. The molecule has 1 aliphatic rings. The molecule has 1 aliphatic carbocycles. The van der Waals surface area contributed by atoms with E-state index in [0.717, 1.165) is 10.2 Å². The molecule has 2 N–H and O–H groups in total. The lowest BCUT2D eigenvalue weighted by molar-refractivity contribution is -0.146. The lowest BCUT2D eigenvalue weighted by Gasteiger charge is -2.23. The van der Waals surface area contributed by atoms with Crippen LogP contribution < -0.4 is 5.32 Å². The number of carbonyl (C=O) groups is 2. The second-order valence-electron chi connectivity index (χ2n) is 4.97. The molecule has 5 nitrogen and oxygen atoms in total. The first-order chi connectivity index (χ1) is 10.1. The summed E-state index contributed by atoms with van der Waals surface area (Å²) in [5, 5.41) is 12.5. The van der Waals surface area contributed by atoms with Gasteiger partial charge in [0.15, 0.2) is 5.13 Å². The van der Waals surface area contributed by atoms with Crippen molar-refractivity contribution in [3.8, 4) is 0 Å². The summed E-state index contributed by atoms with van der Waals surface area (Å²) in [6.45, 7) is 0. The number of carbonyl (C=O) groups excluding carboxylic acids is 1. The highest BCUT2D eigenvalue weighted by Crippen LogP contribution is 2.29. The Morgan fingerprint density at radius 3 is 2.62 bits per heavy atom. The SMILES string of the molecule is O=C(O)C1CC=CCC1C(=O)Nc1nc2ccccc2s1. The van der Waals surface area contributed by atoms with Crippen molar-refractivity contribution in [1.82, 2.24) is 4.98 Å². The molecule has 108 valence electrons. The minimum Gasteiger partial charge on any atom is -0.481 e. The zero-order valence-electron chi connectivity index (χ0n) is 11.2. The van der Waals surface area contributed by atoms with Gasteiger partial charge in [-0.2, -0.15) is 0 Å². The van der Waals surface area contributed by atoms with Crippen molar-refractivity contribution in [3.63, 3.8) is 0 Å². The van der Waals surface area contributed by atoms with Gasteiger partial charge in [0.2, 0.25) is 5.91 Å². The van der Waals surface area contributed by atoms with Crippen LogP contribution in [0.3, 0.4) is 0 Å². The van der Waals surface area contributed by atoms with Crippen molar-refractivity contribution in [1.29, 1.82) is 0 Å². The maximum Gasteiger partial charge on any atom is 0.307 e. The molecule has 0 radical (unpaired) electrons. The van der Waals surface area contributed by atoms with Gasteiger partial charge in [-0.3, -0.25) is 9.59 Å². The molecular weight excluding hydrogens is 288 g/mol. The van der Waals surface area contributed by atoms with Gasteiger partial charge < -0.3 is 10.4 Å². The van der Waals surface area contributed by atoms with Crippen molar-refractivity contribution in [2.24, 2.45) is 11.8 Å². The Labute approximate surface area is 125 Å². The molecule has 0 spiro atoms. The number of amides is 1. The Morgan fingerprint density at radius 2 is 1.90 bits per heavy atom. The maximum atomic E-state index is 12.3. The predicted octanol–water partition coefficient (Wildman–Crippen LogP) is 2.90. The van der Waals surface area contributed by atoms with Gasteiger partial charge in [-0.15, -0.1) is 0 Å². The number of aromatic nitrogens is 1. The Kier molecular flexibility index (Phi) is 3.70. The fourth-order valence-electron chi connectivity index (χ4n) is 2.50. The Morgan fingerprint density at radius 1 is 1.19 bits per heavy atom. The first-order valence-electron chi connectivity index (χ1n) is 6.69. The topological polar surface area (TPSA) is 79.3 Å². The molecule has 1 aromatic carbocycles. The quantitative estimate of drug-likeness (QED) is 0.854. The van der Waals surface area contributed by atoms with E-state index in [1.165, 1.54) is 11.3 Å². The molecule has 0 saturated carbocycles. The van der Waals surface area contributed by atoms with Crippen LogP contribution in [0.5, 0.6) is 0 Å². The molecule has 0 aliphatic heterocycles. The van der Waals surface area contributed by atoms with E-state index in [4.69, 9.17) is 0 Å². The number of aliphatic carboxylic acids is 1. The highest BCUT2D eigenvalue weighted by molar-refractivity contribution is 7.22. The average molecular weight is 302 g/mol. The molecule has 3 rings (SSSR count). The summed E-state index contributed by atoms with van der Waals surface area (Å²) < 4.78 is 0.992. The summed E-state index contributed by atoms with van der Waals surface area (Å²) in [4.78, 5) is 27.9. The van der Waals surface area contributed by atoms with Crippen LogP contribution in [0.15, 0.2) is 36.4 Å². The number of benzene rings is 1. The Bertz CT molecular complexity index is 690. The summed E-state index contributed by atoms with van der Waals surface area (Å²) >= 11 is 1.39. The van der Waals surface area contributed by atoms with E-state index in [2.05, 4.69) is 10.3 Å². The normalized spacial score (nSPS) is 21.3. The number of hydrogen-bond donors (Lipinski definition) is 2. The summed E-state index contributed by atoms with van der Waals surface area (Å²) in [6, 6.07) is 7.62. The monoisotopic (exact) mass is 302 g/mol. The van der Waals surface area contributed by atoms with Gasteiger partial charge in [-0.05, 0) is 25.0 Å². The van der Waals surface area contributed by atoms with Gasteiger partial charge in [0.25, 0.3) is 0 Å². The van der Waals surface area contributed by atoms with Gasteiger partial charge in [-0.1, -0.05) is 35.6 Å². The molecule has 6 heteroatoms. The van der Waals surface area contributed by atoms with Crippen LogP contribution in [0.4, 0.5) is 5.13 Å². The van der Waals surface area contributed by atoms with Crippen molar-refractivity contribution in [3.05, 3.63) is 36.4 Å². The van der Waals surface area contributed by atoms with Gasteiger partial charge in [0.1, 0.15) is 0 Å². The smallest absolute Gasteiger partial charge is 0.307 e. The number of fused-ring (bicyclic) bond motifs is 1. The van der Waals surface area contributed by atoms with E-state index in [1.807, 2.05) is 36.4 Å². The summed E-state index contributed by atoms with van der Waals surface area (Å²) in [6.07, 6.45) is 4.53. The molecule has 2 atom stereocenters. The van der Waals surface area contributed by atoms with E-state index < -0.39 is 17.8 Å². The number of nitrogens with one attached hydrogen (secondary N) is 1. The highest BCUT2D eigenvalue weighted by atomic mass is 32.1. The number of thiazole rings is 1. The van der Waals surface area contributed by atoms with Crippen LogP contribution in [0.1, 0.15) is 12.8 Å². The molecule has 0 fully saturated rings. The van der Waals surface area contributed by atoms with Gasteiger partial charge >= 0.3 is 5.97 Å². The van der Waals surface area contributed by atoms with E-state index in [0.29, 0.717) is 18.0 Å². The Balaban J connectivity index is 1.78. The van der Waals surface area contributed by atoms with E-state index in [9.17, 15) is 14.7 Å². The van der Waals surface area contributed by atoms with Crippen molar-refractivity contribution < 1.29 is 14.7 Å². The average Bonchev–Trinajstić information content (AvgIpc) is 2.89. The molecule has 1 amide bonds. The van der Waals surface area contributed by atoms with Gasteiger partial charge in [0, 0.05) is 0 Å². The number of carboxylic acid groups (broad SMARTS) is 1. The fraction of sp³-hybridized carbons (Fsp3) is 0.267. The number of anilines is 1. The molecule has 1 heterocycles. The number of hydrogen-bond acceptors (Lipinski definition) is 4. The summed E-state index contributed by atoms with van der Waals surface area (Å²) in [5.74, 6) is -2.40. The number of nitrogens with zero attached hydrogens (tertiary/aromatic N) is 1. The molecule has 21 heavy (non-hydrogen) atoms. The third-order valence-corrected chi connectivity index (χ3v) is 4.56. The zero-order chi connectivity index (χ0) is 14.8. The first kappa shape index (κ1) is 13.8. The molecular formula is C15H14N2O3S. The molecule has 2 unspecified atom stereocenters. The van der Waals surface area contributed by atoms with E-state index in [-0.39, 0.29) is 5.91 Å². The standard InChI is InChI=1S/C15H14N2O3S/c18-13(9-5-1-2-6-10(9)14(19)20)17-15-16-11-7-3-4-8-12(11)21-15/h1-4,7-10H,5-6H2,(H,19,20)(H,16,17,18). The van der Waals surface area contributed by atoms with Crippen molar-refractivity contribution >= 4 is 38.6 Å². The van der Waals surface area contributed by atoms with Gasteiger partial charge in [-0.25, -0.2) is 4.98 Å². The van der Waals surface area contributed by atoms with Crippen LogP contribution >= 0.6 is 11.3 Å². The maximum absolute atomic E-state index is 12.3. The van der Waals surface area contributed by atoms with Crippen molar-refractivity contribution in [2.75, 3.05) is 5.32 Å². The number of para-hydroxylation sites is 1. The van der Waals surface area contributed by atoms with Crippen molar-refractivity contribution in [2.45, 2.75) is 12.8 Å². The minimum absolute atomic E-state index is 0.272. The number of rotatable bonds is 3. The Hall–Kier alpha value is -2.21. The molecule has 0 bridgehead atoms. The molecule has 2 aromatic rings. The lowest BCUT2D eigenvalue weighted by atomic mass is 9.82. The third kappa shape index (κ3) is 2.80. The van der Waals surface area contributed by atoms with Crippen LogP contribution in [0.2, 0.25) is 0 Å². The van der Waals surface area contributed by atoms with Crippen LogP contribution in [0.25, 0.3) is 10.2 Å². The summed E-state index contributed by atoms with van der Waals surface area (Å²) in [5.41, 5.74) is 0.830. The van der Waals surface area contributed by atoms with Crippen LogP contribution in [-0.4, -0.2) is 22.0 Å². The highest BCUT2D eigenvalue weighted by Gasteiger charge is 2.34. The van der Waals surface area contributed by atoms with Crippen LogP contribution in [-0.2, 0) is 9.59 Å². The number of carboxylic acids is 1. The molecule has 1 aromatic heterocycles. The van der Waals surface area contributed by atoms with Gasteiger partial charge in [0.05, 0.1) is 22.1 Å². The second kappa shape index (κ2) is 5.65. The predicted molar refractivity (Wildman–Crippen MR) is 81.2 cm³/mol. The zero-order valence-corrected chi connectivity index (χ0v) is 12.0. The third-order valence-electron chi connectivity index (χ3n) is 3.61. The van der Waals surface area contributed by atoms with E-state index >= 15 is 0 Å². The fourth-order valence-corrected chi connectivity index (χ4v) is 3.37. The molecule has 0 saturated heterocycles. The largest absolute Gasteiger partial charge is 0.481 e.